The van der Waals surface area contributed by atoms with E-state index in [1.54, 1.807) is 7.11 Å². The molecule has 3 aromatic carbocycles. The van der Waals surface area contributed by atoms with Gasteiger partial charge in [-0.15, -0.1) is 0 Å². The standard InChI is InChI=1S/C26H28N2O2/c1-30-25-14-12-24(13-15-25)26-21-27(20-23-10-6-3-7-11-23)17-19-28(26,29)18-16-22-8-4-2-5-9-22/h2-15,17,19,26H,16,18,20-21H2,1H3. The Morgan fingerprint density at radius 1 is 0.900 bits per heavy atom. The summed E-state index contributed by atoms with van der Waals surface area (Å²) in [5, 5.41) is 14.0. The molecule has 0 spiro atoms. The van der Waals surface area contributed by atoms with Gasteiger partial charge in [-0.1, -0.05) is 60.7 Å². The van der Waals surface area contributed by atoms with Crippen molar-refractivity contribution in [3.05, 3.63) is 119 Å². The first-order valence-electron chi connectivity index (χ1n) is 10.4. The molecule has 0 saturated heterocycles. The molecule has 2 unspecified atom stereocenters. The van der Waals surface area contributed by atoms with Crippen molar-refractivity contribution in [2.24, 2.45) is 0 Å². The van der Waals surface area contributed by atoms with Crippen LogP contribution in [0.2, 0.25) is 0 Å². The second-order valence-electron chi connectivity index (χ2n) is 7.82. The first-order valence-corrected chi connectivity index (χ1v) is 10.4. The van der Waals surface area contributed by atoms with Gasteiger partial charge in [-0.3, -0.25) is 0 Å². The molecule has 0 amide bonds. The van der Waals surface area contributed by atoms with Crippen molar-refractivity contribution in [2.45, 2.75) is 19.0 Å². The average Bonchev–Trinajstić information content (AvgIpc) is 2.81. The molecule has 2 atom stereocenters. The number of hydrogen-bond donors (Lipinski definition) is 0. The molecule has 4 nitrogen and oxygen atoms in total. The van der Waals surface area contributed by atoms with Crippen LogP contribution in [-0.4, -0.2) is 29.7 Å². The topological polar surface area (TPSA) is 35.5 Å². The molecule has 0 bridgehead atoms. The lowest BCUT2D eigenvalue weighted by Gasteiger charge is -2.50. The number of hydrogen-bond acceptors (Lipinski definition) is 3. The molecule has 1 aliphatic rings. The monoisotopic (exact) mass is 400 g/mol. The Bertz CT molecular complexity index is 957. The normalized spacial score (nSPS) is 20.9. The SMILES string of the molecule is COc1ccc(C2CN(Cc3ccccc3)C=C[N+]2([O-])CCc2ccccc2)cc1. The number of ether oxygens (including phenoxy) is 1. The van der Waals surface area contributed by atoms with Gasteiger partial charge in [-0.2, -0.15) is 0 Å². The molecule has 1 heterocycles. The zero-order valence-corrected chi connectivity index (χ0v) is 17.4. The van der Waals surface area contributed by atoms with Gasteiger partial charge in [0, 0.05) is 18.5 Å². The van der Waals surface area contributed by atoms with Crippen LogP contribution < -0.4 is 4.74 Å². The van der Waals surface area contributed by atoms with E-state index in [0.717, 1.165) is 24.3 Å². The fourth-order valence-corrected chi connectivity index (χ4v) is 4.03. The predicted octanol–water partition coefficient (Wildman–Crippen LogP) is 5.28. The Morgan fingerprint density at radius 2 is 1.53 bits per heavy atom. The van der Waals surface area contributed by atoms with Crippen LogP contribution in [0.5, 0.6) is 5.75 Å². The highest BCUT2D eigenvalue weighted by molar-refractivity contribution is 5.29. The average molecular weight is 401 g/mol. The second kappa shape index (κ2) is 9.16. The van der Waals surface area contributed by atoms with Gasteiger partial charge in [-0.05, 0) is 35.4 Å². The van der Waals surface area contributed by atoms with Crippen LogP contribution in [0.25, 0.3) is 0 Å². The summed E-state index contributed by atoms with van der Waals surface area (Å²) in [4.78, 5) is 2.24. The fourth-order valence-electron chi connectivity index (χ4n) is 4.03. The van der Waals surface area contributed by atoms with Gasteiger partial charge in [0.2, 0.25) is 0 Å². The Morgan fingerprint density at radius 3 is 2.17 bits per heavy atom. The Labute approximate surface area is 178 Å². The van der Waals surface area contributed by atoms with Gasteiger partial charge in [0.1, 0.15) is 18.0 Å². The van der Waals surface area contributed by atoms with Gasteiger partial charge >= 0.3 is 0 Å². The summed E-state index contributed by atoms with van der Waals surface area (Å²) in [6.07, 6.45) is 4.55. The van der Waals surface area contributed by atoms with Crippen LogP contribution in [0, 0.1) is 5.21 Å². The van der Waals surface area contributed by atoms with Crippen LogP contribution in [0.3, 0.4) is 0 Å². The first kappa shape index (κ1) is 20.2. The minimum Gasteiger partial charge on any atom is -0.627 e. The maximum atomic E-state index is 14.0. The van der Waals surface area contributed by atoms with Gasteiger partial charge in [0.05, 0.1) is 26.4 Å². The molecule has 0 saturated carbocycles. The van der Waals surface area contributed by atoms with E-state index in [2.05, 4.69) is 41.3 Å². The van der Waals surface area contributed by atoms with Crippen LogP contribution >= 0.6 is 0 Å². The molecule has 30 heavy (non-hydrogen) atoms. The third kappa shape index (κ3) is 4.73. The number of quaternary nitrogens is 1. The summed E-state index contributed by atoms with van der Waals surface area (Å²) in [7, 11) is 1.66. The number of methoxy groups -OCH3 is 1. The van der Waals surface area contributed by atoms with Gasteiger partial charge in [0.15, 0.2) is 0 Å². The lowest BCUT2D eigenvalue weighted by Crippen LogP contribution is -2.49. The highest BCUT2D eigenvalue weighted by Crippen LogP contribution is 2.34. The van der Waals surface area contributed by atoms with E-state index >= 15 is 0 Å². The van der Waals surface area contributed by atoms with E-state index in [9.17, 15) is 5.21 Å². The van der Waals surface area contributed by atoms with E-state index in [-0.39, 0.29) is 10.7 Å². The quantitative estimate of drug-likeness (QED) is 0.400. The van der Waals surface area contributed by atoms with Crippen molar-refractivity contribution in [3.63, 3.8) is 0 Å². The van der Waals surface area contributed by atoms with E-state index in [1.807, 2.05) is 60.9 Å². The minimum absolute atomic E-state index is 0.187. The predicted molar refractivity (Wildman–Crippen MR) is 120 cm³/mol. The smallest absolute Gasteiger partial charge is 0.136 e. The van der Waals surface area contributed by atoms with Crippen LogP contribution in [0.15, 0.2) is 97.3 Å². The molecule has 0 aromatic heterocycles. The third-order valence-corrected chi connectivity index (χ3v) is 5.79. The zero-order chi connectivity index (χ0) is 20.8. The van der Waals surface area contributed by atoms with Gasteiger partial charge < -0.3 is 19.5 Å². The van der Waals surface area contributed by atoms with E-state index in [4.69, 9.17) is 4.74 Å². The van der Waals surface area contributed by atoms with Crippen LogP contribution in [-0.2, 0) is 13.0 Å². The Hall–Kier alpha value is -3.08. The summed E-state index contributed by atoms with van der Waals surface area (Å²) in [6.45, 7) is 1.98. The fraction of sp³-hybridized carbons (Fsp3) is 0.231. The molecule has 3 aromatic rings. The molecule has 4 rings (SSSR count). The molecule has 154 valence electrons. The third-order valence-electron chi connectivity index (χ3n) is 5.79. The van der Waals surface area contributed by atoms with E-state index in [0.29, 0.717) is 13.1 Å². The highest BCUT2D eigenvalue weighted by atomic mass is 16.5. The number of nitrogens with zero attached hydrogens (tertiary/aromatic N) is 2. The second-order valence-corrected chi connectivity index (χ2v) is 7.82. The van der Waals surface area contributed by atoms with Gasteiger partial charge in [-0.25, -0.2) is 0 Å². The molecule has 0 aliphatic carbocycles. The van der Waals surface area contributed by atoms with Crippen molar-refractivity contribution < 1.29 is 9.38 Å². The van der Waals surface area contributed by atoms with Crippen molar-refractivity contribution >= 4 is 0 Å². The first-order chi connectivity index (χ1) is 14.7. The lowest BCUT2D eigenvalue weighted by atomic mass is 10.0. The summed E-state index contributed by atoms with van der Waals surface area (Å²) < 4.78 is 4.95. The van der Waals surface area contributed by atoms with E-state index < -0.39 is 0 Å². The molecular weight excluding hydrogens is 372 g/mol. The number of rotatable bonds is 7. The maximum absolute atomic E-state index is 14.0. The summed E-state index contributed by atoms with van der Waals surface area (Å²) in [5.41, 5.74) is 3.48. The molecule has 0 radical (unpaired) electrons. The lowest BCUT2D eigenvalue weighted by molar-refractivity contribution is -0.864. The summed E-state index contributed by atoms with van der Waals surface area (Å²) in [5.74, 6) is 0.805. The van der Waals surface area contributed by atoms with Crippen LogP contribution in [0.1, 0.15) is 22.7 Å². The van der Waals surface area contributed by atoms with Crippen molar-refractivity contribution in [1.29, 1.82) is 0 Å². The molecule has 1 aliphatic heterocycles. The molecule has 0 N–H and O–H groups in total. The molecule has 4 heteroatoms. The van der Waals surface area contributed by atoms with Gasteiger partial charge in [0.25, 0.3) is 0 Å². The van der Waals surface area contributed by atoms with Crippen molar-refractivity contribution in [2.75, 3.05) is 20.2 Å². The Balaban J connectivity index is 1.58. The largest absolute Gasteiger partial charge is 0.627 e. The number of hydroxylamine groups is 3. The summed E-state index contributed by atoms with van der Waals surface area (Å²) >= 11 is 0. The summed E-state index contributed by atoms with van der Waals surface area (Å²) in [6, 6.07) is 28.4. The van der Waals surface area contributed by atoms with Crippen molar-refractivity contribution in [3.8, 4) is 5.75 Å². The highest BCUT2D eigenvalue weighted by Gasteiger charge is 2.33. The Kier molecular flexibility index (Phi) is 6.17. The molecule has 0 fully saturated rings. The zero-order valence-electron chi connectivity index (χ0n) is 17.4. The number of benzene rings is 3. The van der Waals surface area contributed by atoms with Crippen molar-refractivity contribution in [1.82, 2.24) is 4.90 Å². The minimum atomic E-state index is -0.355. The maximum Gasteiger partial charge on any atom is 0.136 e. The molecular formula is C26H28N2O2. The van der Waals surface area contributed by atoms with Crippen LogP contribution in [0.4, 0.5) is 0 Å². The van der Waals surface area contributed by atoms with E-state index in [1.165, 1.54) is 11.1 Å².